The third-order valence-corrected chi connectivity index (χ3v) is 6.36. The van der Waals surface area contributed by atoms with Gasteiger partial charge in [0.05, 0.1) is 31.0 Å². The number of amides is 2. The predicted molar refractivity (Wildman–Crippen MR) is 124 cm³/mol. The van der Waals surface area contributed by atoms with Crippen molar-refractivity contribution in [1.82, 2.24) is 29.8 Å². The normalized spacial score (nSPS) is 19.5. The first-order valence-corrected chi connectivity index (χ1v) is 11.3. The van der Waals surface area contributed by atoms with E-state index in [2.05, 4.69) is 20.4 Å². The van der Waals surface area contributed by atoms with Gasteiger partial charge in [0.15, 0.2) is 11.4 Å². The third-order valence-electron chi connectivity index (χ3n) is 6.36. The van der Waals surface area contributed by atoms with Crippen LogP contribution >= 0.6 is 0 Å². The zero-order chi connectivity index (χ0) is 29.8. The van der Waals surface area contributed by atoms with E-state index in [0.29, 0.717) is 11.8 Å². The number of fused-ring (bicyclic) bond motifs is 1. The van der Waals surface area contributed by atoms with Crippen LogP contribution in [0.2, 0.25) is 0 Å². The summed E-state index contributed by atoms with van der Waals surface area (Å²) >= 11 is 0. The van der Waals surface area contributed by atoms with Gasteiger partial charge in [-0.3, -0.25) is 9.59 Å². The maximum Gasteiger partial charge on any atom is 0.418 e. The molecule has 4 heterocycles. The van der Waals surface area contributed by atoms with Crippen LogP contribution in [0, 0.1) is 0 Å². The molecule has 1 aliphatic heterocycles. The zero-order valence-electron chi connectivity index (χ0n) is 20.6. The number of nitrogens with two attached hydrogens (primary N) is 2. The van der Waals surface area contributed by atoms with Crippen molar-refractivity contribution < 1.29 is 45.1 Å². The number of hydrogen-bond acceptors (Lipinski definition) is 8. The highest BCUT2D eigenvalue weighted by atomic mass is 19.4. The van der Waals surface area contributed by atoms with Crippen molar-refractivity contribution in [2.75, 3.05) is 25.9 Å². The Morgan fingerprint density at radius 1 is 1.12 bits per heavy atom. The number of nitrogens with zero attached hydrogens (tertiary/aromatic N) is 5. The molecule has 0 saturated carbocycles. The lowest BCUT2D eigenvalue weighted by atomic mass is 10.0. The van der Waals surface area contributed by atoms with Gasteiger partial charge in [-0.05, 0) is 19.1 Å². The number of pyridine rings is 1. The second-order valence-electron chi connectivity index (χ2n) is 9.13. The van der Waals surface area contributed by atoms with Crippen LogP contribution in [0.4, 0.5) is 36.6 Å². The molecular weight excluding hydrogens is 557 g/mol. The maximum atomic E-state index is 14.7. The number of carbonyl (C=O) groups is 2. The lowest BCUT2D eigenvalue weighted by Gasteiger charge is -2.30. The fraction of sp³-hybridized carbons (Fsp3) is 0.409. The van der Waals surface area contributed by atoms with E-state index in [-0.39, 0.29) is 22.7 Å². The Hall–Kier alpha value is -4.22. The van der Waals surface area contributed by atoms with Gasteiger partial charge in [-0.2, -0.15) is 31.4 Å². The summed E-state index contributed by atoms with van der Waals surface area (Å²) in [7, 11) is 1.15. The lowest BCUT2D eigenvalue weighted by molar-refractivity contribution is -0.193. The van der Waals surface area contributed by atoms with Crippen LogP contribution in [-0.4, -0.2) is 80.4 Å². The Bertz CT molecular complexity index is 1470. The Balaban J connectivity index is 1.65. The molecule has 0 radical (unpaired) electrons. The van der Waals surface area contributed by atoms with Crippen LogP contribution in [0.5, 0.6) is 5.88 Å². The van der Waals surface area contributed by atoms with Gasteiger partial charge in [-0.25, -0.2) is 18.9 Å². The highest BCUT2D eigenvalue weighted by Crippen LogP contribution is 2.39. The van der Waals surface area contributed by atoms with Crippen molar-refractivity contribution in [3.8, 4) is 17.1 Å². The first kappa shape index (κ1) is 28.8. The van der Waals surface area contributed by atoms with Gasteiger partial charge in [0.25, 0.3) is 11.8 Å². The van der Waals surface area contributed by atoms with Crippen LogP contribution in [0.15, 0.2) is 24.7 Å². The summed E-state index contributed by atoms with van der Waals surface area (Å²) in [6.07, 6.45) is -9.88. The summed E-state index contributed by atoms with van der Waals surface area (Å²) in [5.74, 6) is -3.35. The second kappa shape index (κ2) is 9.76. The molecule has 5 N–H and O–H groups in total. The minimum absolute atomic E-state index is 0.0429. The van der Waals surface area contributed by atoms with E-state index in [1.807, 2.05) is 0 Å². The van der Waals surface area contributed by atoms with E-state index >= 15 is 0 Å². The summed E-state index contributed by atoms with van der Waals surface area (Å²) in [6.45, 7) is -0.942. The maximum absolute atomic E-state index is 14.7. The van der Waals surface area contributed by atoms with Gasteiger partial charge in [-0.15, -0.1) is 0 Å². The molecule has 0 spiro atoms. The number of rotatable bonds is 5. The number of alkyl halides is 7. The molecule has 3 aromatic heterocycles. The number of methoxy groups -OCH3 is 1. The standard InChI is InChI=1S/C22H21F7N8O3/c1-20(31,22(27,28)29)19(39)36-6-12(23)13(7-36)35-17(38)10-3-9(5-32-18(10)40-2)14-4-11(21(24,25)26)15-16(30)33-8-34-37(14)15/h3-5,8,12-13H,6-7,31H2,1-2H3,(H,35,38)(H2,30,33,34). The molecule has 4 rings (SSSR count). The fourth-order valence-electron chi connectivity index (χ4n) is 4.17. The quantitative estimate of drug-likeness (QED) is 0.389. The molecule has 1 fully saturated rings. The van der Waals surface area contributed by atoms with Crippen molar-refractivity contribution in [2.45, 2.75) is 37.0 Å². The van der Waals surface area contributed by atoms with Crippen molar-refractivity contribution in [3.63, 3.8) is 0 Å². The molecule has 1 aliphatic rings. The van der Waals surface area contributed by atoms with Crippen LogP contribution in [0.1, 0.15) is 22.8 Å². The molecule has 11 nitrogen and oxygen atoms in total. The summed E-state index contributed by atoms with van der Waals surface area (Å²) in [5, 5.41) is 6.08. The Kier molecular flexibility index (Phi) is 7.02. The number of nitrogen functional groups attached to an aromatic ring is 1. The van der Waals surface area contributed by atoms with Crippen molar-refractivity contribution in [1.29, 1.82) is 0 Å². The molecule has 0 bridgehead atoms. The monoisotopic (exact) mass is 578 g/mol. The van der Waals surface area contributed by atoms with Crippen LogP contribution in [-0.2, 0) is 11.0 Å². The Labute approximate surface area is 220 Å². The van der Waals surface area contributed by atoms with E-state index in [1.165, 1.54) is 0 Å². The average molecular weight is 578 g/mol. The first-order valence-electron chi connectivity index (χ1n) is 11.3. The first-order chi connectivity index (χ1) is 18.5. The van der Waals surface area contributed by atoms with Gasteiger partial charge >= 0.3 is 12.4 Å². The average Bonchev–Trinajstić information content (AvgIpc) is 3.44. The molecule has 3 unspecified atom stereocenters. The van der Waals surface area contributed by atoms with Crippen LogP contribution in [0.25, 0.3) is 16.8 Å². The number of hydrogen-bond donors (Lipinski definition) is 3. The number of ether oxygens (including phenoxy) is 1. The number of nitrogens with one attached hydrogen (secondary N) is 1. The Morgan fingerprint density at radius 3 is 2.40 bits per heavy atom. The molecule has 0 aromatic carbocycles. The van der Waals surface area contributed by atoms with Gasteiger partial charge in [0.1, 0.15) is 23.6 Å². The van der Waals surface area contributed by atoms with Crippen LogP contribution < -0.4 is 21.5 Å². The summed E-state index contributed by atoms with van der Waals surface area (Å²) in [5.41, 5.74) is 5.27. The molecule has 3 atom stereocenters. The number of anilines is 1. The van der Waals surface area contributed by atoms with E-state index in [1.54, 1.807) is 0 Å². The van der Waals surface area contributed by atoms with E-state index in [0.717, 1.165) is 36.3 Å². The molecule has 216 valence electrons. The van der Waals surface area contributed by atoms with Gasteiger partial charge in [0.2, 0.25) is 5.88 Å². The van der Waals surface area contributed by atoms with Crippen molar-refractivity contribution in [2.24, 2.45) is 5.73 Å². The van der Waals surface area contributed by atoms with Crippen molar-refractivity contribution >= 4 is 23.1 Å². The fourth-order valence-corrected chi connectivity index (χ4v) is 4.17. The van der Waals surface area contributed by atoms with E-state index in [4.69, 9.17) is 16.2 Å². The largest absolute Gasteiger partial charge is 0.480 e. The highest BCUT2D eigenvalue weighted by molar-refractivity contribution is 5.98. The summed E-state index contributed by atoms with van der Waals surface area (Å²) in [6, 6.07) is 0.397. The molecular formula is C22H21F7N8O3. The summed E-state index contributed by atoms with van der Waals surface area (Å²) in [4.78, 5) is 33.5. The number of halogens is 7. The minimum Gasteiger partial charge on any atom is -0.480 e. The van der Waals surface area contributed by atoms with Gasteiger partial charge in [0, 0.05) is 18.3 Å². The third kappa shape index (κ3) is 4.93. The molecule has 3 aromatic rings. The lowest BCUT2D eigenvalue weighted by Crippen LogP contribution is -2.62. The highest BCUT2D eigenvalue weighted by Gasteiger charge is 2.56. The summed E-state index contributed by atoms with van der Waals surface area (Å²) < 4.78 is 101. The second-order valence-corrected chi connectivity index (χ2v) is 9.13. The van der Waals surface area contributed by atoms with Crippen molar-refractivity contribution in [3.05, 3.63) is 35.8 Å². The minimum atomic E-state index is -5.11. The smallest absolute Gasteiger partial charge is 0.418 e. The van der Waals surface area contributed by atoms with E-state index in [9.17, 15) is 40.3 Å². The van der Waals surface area contributed by atoms with E-state index < -0.39 is 71.9 Å². The van der Waals surface area contributed by atoms with Gasteiger partial charge < -0.3 is 26.4 Å². The number of aromatic nitrogens is 4. The molecule has 1 saturated heterocycles. The number of carbonyl (C=O) groups excluding carboxylic acids is 2. The molecule has 18 heteroatoms. The molecule has 40 heavy (non-hydrogen) atoms. The topological polar surface area (TPSA) is 154 Å². The Morgan fingerprint density at radius 2 is 1.80 bits per heavy atom. The zero-order valence-corrected chi connectivity index (χ0v) is 20.6. The number of likely N-dealkylation sites (tertiary alicyclic amines) is 1. The van der Waals surface area contributed by atoms with Gasteiger partial charge in [-0.1, -0.05) is 0 Å². The SMILES string of the molecule is COc1ncc(-c2cc(C(F)(F)F)c3c(N)ncnn23)cc1C(=O)NC1CN(C(=O)C(C)(N)C(F)(F)F)CC1F. The predicted octanol–water partition coefficient (Wildman–Crippen LogP) is 1.96. The molecule has 2 amide bonds. The molecule has 0 aliphatic carbocycles. The van der Waals surface area contributed by atoms with Crippen LogP contribution in [0.3, 0.4) is 0 Å².